The van der Waals surface area contributed by atoms with Crippen LogP contribution in [0.1, 0.15) is 15.9 Å². The van der Waals surface area contributed by atoms with Crippen LogP contribution in [-0.4, -0.2) is 15.7 Å². The number of benzene rings is 2. The maximum atomic E-state index is 12.4. The molecular weight excluding hydrogens is 304 g/mol. The number of carbonyl (C=O) groups excluding carboxylic acids is 1. The van der Waals surface area contributed by atoms with Gasteiger partial charge in [-0.2, -0.15) is 10.4 Å². The van der Waals surface area contributed by atoms with E-state index in [1.807, 2.05) is 36.4 Å². The van der Waals surface area contributed by atoms with E-state index in [2.05, 4.69) is 10.4 Å². The third-order valence-corrected chi connectivity index (χ3v) is 3.37. The lowest BCUT2D eigenvalue weighted by Crippen LogP contribution is -2.15. The second-order valence-corrected chi connectivity index (χ2v) is 5.04. The topological polar surface area (TPSA) is 79.9 Å². The molecule has 1 N–H and O–H groups in total. The van der Waals surface area contributed by atoms with Crippen LogP contribution in [0.2, 0.25) is 0 Å². The van der Waals surface area contributed by atoms with Crippen LogP contribution in [0.3, 0.4) is 0 Å². The van der Waals surface area contributed by atoms with Gasteiger partial charge in [-0.15, -0.1) is 0 Å². The minimum atomic E-state index is -0.339. The van der Waals surface area contributed by atoms with Crippen LogP contribution in [0.15, 0.2) is 60.8 Å². The fourth-order valence-electron chi connectivity index (χ4n) is 2.17. The first-order valence-corrected chi connectivity index (χ1v) is 7.24. The number of hydrogen-bond acceptors (Lipinski definition) is 4. The van der Waals surface area contributed by atoms with Gasteiger partial charge in [0.05, 0.1) is 6.20 Å². The van der Waals surface area contributed by atoms with E-state index in [4.69, 9.17) is 10.00 Å². The SMILES string of the molecule is Cn1ncc(C#N)c1NC(=O)c1cccc(Oc2ccccc2)c1. The zero-order chi connectivity index (χ0) is 16.9. The molecule has 0 saturated heterocycles. The zero-order valence-corrected chi connectivity index (χ0v) is 12.9. The summed E-state index contributed by atoms with van der Waals surface area (Å²) in [5, 5.41) is 15.7. The molecule has 0 spiro atoms. The lowest BCUT2D eigenvalue weighted by molar-refractivity contribution is 0.102. The number of carbonyl (C=O) groups is 1. The van der Waals surface area contributed by atoms with Gasteiger partial charge in [0.15, 0.2) is 0 Å². The average Bonchev–Trinajstić information content (AvgIpc) is 2.96. The Hall–Kier alpha value is -3.59. The van der Waals surface area contributed by atoms with Crippen LogP contribution in [0, 0.1) is 11.3 Å². The van der Waals surface area contributed by atoms with E-state index < -0.39 is 0 Å². The van der Waals surface area contributed by atoms with E-state index in [9.17, 15) is 4.79 Å². The smallest absolute Gasteiger partial charge is 0.256 e. The average molecular weight is 318 g/mol. The van der Waals surface area contributed by atoms with Crippen LogP contribution in [0.4, 0.5) is 5.82 Å². The van der Waals surface area contributed by atoms with Crippen molar-refractivity contribution in [2.45, 2.75) is 0 Å². The Morgan fingerprint density at radius 2 is 1.92 bits per heavy atom. The molecule has 2 aromatic carbocycles. The van der Waals surface area contributed by atoms with E-state index in [0.29, 0.717) is 28.4 Å². The molecule has 1 heterocycles. The number of ether oxygens (including phenoxy) is 1. The Kier molecular flexibility index (Phi) is 4.25. The predicted molar refractivity (Wildman–Crippen MR) is 88.8 cm³/mol. The second kappa shape index (κ2) is 6.67. The monoisotopic (exact) mass is 318 g/mol. The third-order valence-electron chi connectivity index (χ3n) is 3.37. The first kappa shape index (κ1) is 15.3. The van der Waals surface area contributed by atoms with Gasteiger partial charge in [0, 0.05) is 12.6 Å². The highest BCUT2D eigenvalue weighted by molar-refractivity contribution is 6.04. The molecule has 0 aliphatic carbocycles. The number of para-hydroxylation sites is 1. The molecule has 1 amide bonds. The largest absolute Gasteiger partial charge is 0.457 e. The highest BCUT2D eigenvalue weighted by atomic mass is 16.5. The Labute approximate surface area is 138 Å². The van der Waals surface area contributed by atoms with Crippen molar-refractivity contribution in [3.63, 3.8) is 0 Å². The first-order chi connectivity index (χ1) is 11.7. The number of nitriles is 1. The Morgan fingerprint density at radius 3 is 2.67 bits per heavy atom. The number of aryl methyl sites for hydroxylation is 1. The van der Waals surface area contributed by atoms with Crippen molar-refractivity contribution >= 4 is 11.7 Å². The van der Waals surface area contributed by atoms with Crippen molar-refractivity contribution < 1.29 is 9.53 Å². The van der Waals surface area contributed by atoms with Gasteiger partial charge in [0.25, 0.3) is 5.91 Å². The maximum Gasteiger partial charge on any atom is 0.256 e. The molecule has 0 saturated carbocycles. The van der Waals surface area contributed by atoms with E-state index in [0.717, 1.165) is 0 Å². The molecule has 0 bridgehead atoms. The van der Waals surface area contributed by atoms with Crippen LogP contribution >= 0.6 is 0 Å². The van der Waals surface area contributed by atoms with Gasteiger partial charge in [-0.1, -0.05) is 24.3 Å². The summed E-state index contributed by atoms with van der Waals surface area (Å²) in [4.78, 5) is 12.4. The molecule has 3 rings (SSSR count). The second-order valence-electron chi connectivity index (χ2n) is 5.04. The van der Waals surface area contributed by atoms with Gasteiger partial charge in [0.1, 0.15) is 28.9 Å². The highest BCUT2D eigenvalue weighted by Gasteiger charge is 2.13. The molecule has 118 valence electrons. The van der Waals surface area contributed by atoms with E-state index in [1.54, 1.807) is 31.3 Å². The molecule has 0 radical (unpaired) electrons. The van der Waals surface area contributed by atoms with E-state index in [1.165, 1.54) is 10.9 Å². The van der Waals surface area contributed by atoms with Crippen LogP contribution in [0.25, 0.3) is 0 Å². The first-order valence-electron chi connectivity index (χ1n) is 7.24. The maximum absolute atomic E-state index is 12.4. The third kappa shape index (κ3) is 3.25. The lowest BCUT2D eigenvalue weighted by Gasteiger charge is -2.09. The van der Waals surface area contributed by atoms with Crippen molar-refractivity contribution in [3.8, 4) is 17.6 Å². The number of nitrogens with zero attached hydrogens (tertiary/aromatic N) is 3. The minimum Gasteiger partial charge on any atom is -0.457 e. The van der Waals surface area contributed by atoms with Crippen LogP contribution in [0.5, 0.6) is 11.5 Å². The van der Waals surface area contributed by atoms with Gasteiger partial charge in [-0.3, -0.25) is 9.48 Å². The molecule has 3 aromatic rings. The molecule has 1 aromatic heterocycles. The predicted octanol–water partition coefficient (Wildman–Crippen LogP) is 3.34. The van der Waals surface area contributed by atoms with Gasteiger partial charge in [0.2, 0.25) is 0 Å². The normalized spacial score (nSPS) is 10.0. The summed E-state index contributed by atoms with van der Waals surface area (Å²) in [5.74, 6) is 1.26. The van der Waals surface area contributed by atoms with E-state index >= 15 is 0 Å². The molecule has 0 aliphatic heterocycles. The minimum absolute atomic E-state index is 0.308. The molecule has 6 heteroatoms. The van der Waals surface area contributed by atoms with Crippen LogP contribution in [-0.2, 0) is 7.05 Å². The number of nitrogens with one attached hydrogen (secondary N) is 1. The number of rotatable bonds is 4. The molecular formula is C18H14N4O2. The van der Waals surface area contributed by atoms with Gasteiger partial charge in [-0.25, -0.2) is 0 Å². The molecule has 0 aliphatic rings. The summed E-state index contributed by atoms with van der Waals surface area (Å²) in [6.45, 7) is 0. The summed E-state index contributed by atoms with van der Waals surface area (Å²) >= 11 is 0. The van der Waals surface area contributed by atoms with Crippen molar-refractivity contribution in [2.24, 2.45) is 7.05 Å². The number of aromatic nitrogens is 2. The molecule has 24 heavy (non-hydrogen) atoms. The molecule has 0 atom stereocenters. The zero-order valence-electron chi connectivity index (χ0n) is 12.9. The van der Waals surface area contributed by atoms with Crippen LogP contribution < -0.4 is 10.1 Å². The van der Waals surface area contributed by atoms with E-state index in [-0.39, 0.29) is 5.91 Å². The Bertz CT molecular complexity index is 910. The van der Waals surface area contributed by atoms with Gasteiger partial charge in [-0.05, 0) is 30.3 Å². The Morgan fingerprint density at radius 1 is 1.17 bits per heavy atom. The number of anilines is 1. The summed E-state index contributed by atoms with van der Waals surface area (Å²) in [6.07, 6.45) is 1.41. The van der Waals surface area contributed by atoms with Gasteiger partial charge < -0.3 is 10.1 Å². The quantitative estimate of drug-likeness (QED) is 0.800. The van der Waals surface area contributed by atoms with Crippen molar-refractivity contribution in [3.05, 3.63) is 71.9 Å². The highest BCUT2D eigenvalue weighted by Crippen LogP contribution is 2.22. The molecule has 6 nitrogen and oxygen atoms in total. The summed E-state index contributed by atoms with van der Waals surface area (Å²) in [5.41, 5.74) is 0.732. The van der Waals surface area contributed by atoms with Gasteiger partial charge >= 0.3 is 0 Å². The fourth-order valence-corrected chi connectivity index (χ4v) is 2.17. The van der Waals surface area contributed by atoms with Crippen molar-refractivity contribution in [2.75, 3.05) is 5.32 Å². The number of amides is 1. The molecule has 0 fully saturated rings. The van der Waals surface area contributed by atoms with Crippen molar-refractivity contribution in [1.29, 1.82) is 5.26 Å². The lowest BCUT2D eigenvalue weighted by atomic mass is 10.2. The summed E-state index contributed by atoms with van der Waals surface area (Å²) < 4.78 is 7.17. The summed E-state index contributed by atoms with van der Waals surface area (Å²) in [6, 6.07) is 18.1. The standard InChI is InChI=1S/C18H14N4O2/c1-22-17(14(11-19)12-20-22)21-18(23)13-6-5-9-16(10-13)24-15-7-3-2-4-8-15/h2-10,12H,1H3,(H,21,23). The van der Waals surface area contributed by atoms with Crippen molar-refractivity contribution in [1.82, 2.24) is 9.78 Å². The summed E-state index contributed by atoms with van der Waals surface area (Å²) in [7, 11) is 1.66. The Balaban J connectivity index is 1.80. The number of hydrogen-bond donors (Lipinski definition) is 1. The fraction of sp³-hybridized carbons (Fsp3) is 0.0556. The molecule has 0 unspecified atom stereocenters.